The molecule has 3 nitrogen and oxygen atoms in total. The van der Waals surface area contributed by atoms with Crippen LogP contribution in [0.15, 0.2) is 12.1 Å². The molecule has 1 aromatic rings. The summed E-state index contributed by atoms with van der Waals surface area (Å²) in [7, 11) is 0. The van der Waals surface area contributed by atoms with Gasteiger partial charge < -0.3 is 16.6 Å². The van der Waals surface area contributed by atoms with Gasteiger partial charge in [-0.1, -0.05) is 17.7 Å². The molecule has 0 radical (unpaired) electrons. The number of aliphatic hydroxyl groups is 1. The summed E-state index contributed by atoms with van der Waals surface area (Å²) in [6.45, 7) is 4.08. The van der Waals surface area contributed by atoms with Crippen molar-refractivity contribution in [3.05, 3.63) is 28.8 Å². The van der Waals surface area contributed by atoms with Crippen molar-refractivity contribution in [2.45, 2.75) is 26.3 Å². The second-order valence-electron chi connectivity index (χ2n) is 3.70. The van der Waals surface area contributed by atoms with Gasteiger partial charge in [-0.2, -0.15) is 0 Å². The molecule has 0 bridgehead atoms. The summed E-state index contributed by atoms with van der Waals surface area (Å²) in [6, 6.07) is 3.85. The van der Waals surface area contributed by atoms with Crippen LogP contribution in [0.5, 0.6) is 0 Å². The maximum Gasteiger partial charge on any atom is 0.0449 e. The SMILES string of the molecule is Cc1cc(C)c(N)c([C@@H](N)CCO)c1. The third kappa shape index (κ3) is 2.25. The van der Waals surface area contributed by atoms with Gasteiger partial charge in [-0.25, -0.2) is 0 Å². The van der Waals surface area contributed by atoms with Gasteiger partial charge in [-0.05, 0) is 31.4 Å². The Morgan fingerprint density at radius 3 is 2.57 bits per heavy atom. The summed E-state index contributed by atoms with van der Waals surface area (Å²) in [5, 5.41) is 8.81. The summed E-state index contributed by atoms with van der Waals surface area (Å²) in [5.74, 6) is 0. The van der Waals surface area contributed by atoms with Gasteiger partial charge in [0.2, 0.25) is 0 Å². The number of aliphatic hydroxyl groups excluding tert-OH is 1. The summed E-state index contributed by atoms with van der Waals surface area (Å²) in [6.07, 6.45) is 0.549. The molecule has 0 saturated heterocycles. The van der Waals surface area contributed by atoms with Crippen LogP contribution in [0.3, 0.4) is 0 Å². The average Bonchev–Trinajstić information content (AvgIpc) is 2.11. The molecule has 0 aromatic heterocycles. The van der Waals surface area contributed by atoms with Crippen molar-refractivity contribution < 1.29 is 5.11 Å². The molecule has 0 aliphatic carbocycles. The van der Waals surface area contributed by atoms with Crippen molar-refractivity contribution >= 4 is 5.69 Å². The molecule has 0 aliphatic rings. The van der Waals surface area contributed by atoms with Crippen LogP contribution in [-0.2, 0) is 0 Å². The first kappa shape index (κ1) is 11.0. The molecule has 0 saturated carbocycles. The zero-order chi connectivity index (χ0) is 10.7. The number of benzene rings is 1. The summed E-state index contributed by atoms with van der Waals surface area (Å²) in [4.78, 5) is 0. The van der Waals surface area contributed by atoms with Gasteiger partial charge >= 0.3 is 0 Å². The summed E-state index contributed by atoms with van der Waals surface area (Å²) in [5.41, 5.74) is 15.7. The standard InChI is InChI=1S/C11H18N2O/c1-7-5-8(2)11(13)9(6-7)10(12)3-4-14/h5-6,10,14H,3-4,12-13H2,1-2H3/t10-/m0/s1. The number of anilines is 1. The van der Waals surface area contributed by atoms with Crippen LogP contribution in [0.25, 0.3) is 0 Å². The van der Waals surface area contributed by atoms with Crippen LogP contribution in [0, 0.1) is 13.8 Å². The highest BCUT2D eigenvalue weighted by molar-refractivity contribution is 5.56. The third-order valence-corrected chi connectivity index (χ3v) is 2.40. The van der Waals surface area contributed by atoms with E-state index in [1.54, 1.807) is 0 Å². The van der Waals surface area contributed by atoms with Crippen LogP contribution in [-0.4, -0.2) is 11.7 Å². The van der Waals surface area contributed by atoms with Crippen molar-refractivity contribution in [1.29, 1.82) is 0 Å². The second kappa shape index (κ2) is 4.44. The van der Waals surface area contributed by atoms with Crippen molar-refractivity contribution in [1.82, 2.24) is 0 Å². The van der Waals surface area contributed by atoms with Gasteiger partial charge in [0, 0.05) is 18.3 Å². The van der Waals surface area contributed by atoms with Crippen molar-refractivity contribution in [2.24, 2.45) is 5.73 Å². The van der Waals surface area contributed by atoms with E-state index in [4.69, 9.17) is 16.6 Å². The van der Waals surface area contributed by atoms with Crippen LogP contribution < -0.4 is 11.5 Å². The molecule has 14 heavy (non-hydrogen) atoms. The molecule has 0 heterocycles. The fourth-order valence-corrected chi connectivity index (χ4v) is 1.61. The first-order chi connectivity index (χ1) is 6.56. The lowest BCUT2D eigenvalue weighted by molar-refractivity contribution is 0.276. The molecular formula is C11H18N2O. The molecule has 1 aromatic carbocycles. The van der Waals surface area contributed by atoms with E-state index >= 15 is 0 Å². The van der Waals surface area contributed by atoms with Crippen molar-refractivity contribution in [2.75, 3.05) is 12.3 Å². The first-order valence-corrected chi connectivity index (χ1v) is 4.79. The Morgan fingerprint density at radius 2 is 2.00 bits per heavy atom. The van der Waals surface area contributed by atoms with Crippen LogP contribution >= 0.6 is 0 Å². The molecule has 5 N–H and O–H groups in total. The lowest BCUT2D eigenvalue weighted by Crippen LogP contribution is -2.14. The highest BCUT2D eigenvalue weighted by atomic mass is 16.3. The quantitative estimate of drug-likeness (QED) is 0.634. The molecule has 0 aliphatic heterocycles. The lowest BCUT2D eigenvalue weighted by atomic mass is 9.97. The maximum atomic E-state index is 8.81. The first-order valence-electron chi connectivity index (χ1n) is 4.79. The predicted molar refractivity (Wildman–Crippen MR) is 59.0 cm³/mol. The number of nitrogens with two attached hydrogens (primary N) is 2. The molecule has 1 rings (SSSR count). The molecule has 0 fully saturated rings. The Morgan fingerprint density at radius 1 is 1.36 bits per heavy atom. The minimum absolute atomic E-state index is 0.0909. The second-order valence-corrected chi connectivity index (χ2v) is 3.70. The average molecular weight is 194 g/mol. The number of rotatable bonds is 3. The van der Waals surface area contributed by atoms with E-state index in [0.29, 0.717) is 6.42 Å². The van der Waals surface area contributed by atoms with Crippen LogP contribution in [0.2, 0.25) is 0 Å². The largest absolute Gasteiger partial charge is 0.398 e. The van der Waals surface area contributed by atoms with Gasteiger partial charge in [-0.3, -0.25) is 0 Å². The summed E-state index contributed by atoms with van der Waals surface area (Å²) < 4.78 is 0. The highest BCUT2D eigenvalue weighted by Gasteiger charge is 2.10. The molecule has 0 amide bonds. The number of aryl methyl sites for hydroxylation is 2. The normalized spacial score (nSPS) is 12.9. The van der Waals surface area contributed by atoms with E-state index in [1.807, 2.05) is 26.0 Å². The molecular weight excluding hydrogens is 176 g/mol. The molecule has 0 unspecified atom stereocenters. The van der Waals surface area contributed by atoms with E-state index in [0.717, 1.165) is 22.4 Å². The van der Waals surface area contributed by atoms with Crippen LogP contribution in [0.4, 0.5) is 5.69 Å². The molecule has 3 heteroatoms. The Bertz CT molecular complexity index is 323. The van der Waals surface area contributed by atoms with Gasteiger partial charge in [0.25, 0.3) is 0 Å². The van der Waals surface area contributed by atoms with E-state index in [-0.39, 0.29) is 12.6 Å². The van der Waals surface area contributed by atoms with Gasteiger partial charge in [0.05, 0.1) is 0 Å². The zero-order valence-electron chi connectivity index (χ0n) is 8.75. The molecule has 0 spiro atoms. The Hall–Kier alpha value is -1.06. The van der Waals surface area contributed by atoms with Gasteiger partial charge in [-0.15, -0.1) is 0 Å². The Kier molecular flexibility index (Phi) is 3.49. The molecule has 78 valence electrons. The number of hydrogen-bond donors (Lipinski definition) is 3. The van der Waals surface area contributed by atoms with Crippen LogP contribution in [0.1, 0.15) is 29.2 Å². The number of hydrogen-bond acceptors (Lipinski definition) is 3. The molecule has 1 atom stereocenters. The van der Waals surface area contributed by atoms with Crippen molar-refractivity contribution in [3.8, 4) is 0 Å². The third-order valence-electron chi connectivity index (χ3n) is 2.40. The Labute approximate surface area is 84.7 Å². The van der Waals surface area contributed by atoms with Gasteiger partial charge in [0.1, 0.15) is 0 Å². The smallest absolute Gasteiger partial charge is 0.0449 e. The minimum atomic E-state index is -0.168. The highest BCUT2D eigenvalue weighted by Crippen LogP contribution is 2.25. The van der Waals surface area contributed by atoms with E-state index in [1.165, 1.54) is 0 Å². The van der Waals surface area contributed by atoms with E-state index in [9.17, 15) is 0 Å². The predicted octanol–water partition coefficient (Wildman–Crippen LogP) is 1.27. The fourth-order valence-electron chi connectivity index (χ4n) is 1.61. The monoisotopic (exact) mass is 194 g/mol. The van der Waals surface area contributed by atoms with Gasteiger partial charge in [0.15, 0.2) is 0 Å². The fraction of sp³-hybridized carbons (Fsp3) is 0.455. The number of nitrogen functional groups attached to an aromatic ring is 1. The Balaban J connectivity index is 3.07. The lowest BCUT2D eigenvalue weighted by Gasteiger charge is -2.16. The maximum absolute atomic E-state index is 8.81. The summed E-state index contributed by atoms with van der Waals surface area (Å²) >= 11 is 0. The topological polar surface area (TPSA) is 72.3 Å². The zero-order valence-corrected chi connectivity index (χ0v) is 8.75. The van der Waals surface area contributed by atoms with E-state index < -0.39 is 0 Å². The van der Waals surface area contributed by atoms with E-state index in [2.05, 4.69) is 0 Å². The minimum Gasteiger partial charge on any atom is -0.398 e. The van der Waals surface area contributed by atoms with Crippen molar-refractivity contribution in [3.63, 3.8) is 0 Å².